The lowest BCUT2D eigenvalue weighted by molar-refractivity contribution is -0.145. The van der Waals surface area contributed by atoms with E-state index in [1.54, 1.807) is 9.80 Å². The molecule has 0 aromatic heterocycles. The van der Waals surface area contributed by atoms with Gasteiger partial charge >= 0.3 is 11.8 Å². The molecule has 0 aliphatic carbocycles. The molecule has 1 aliphatic heterocycles. The summed E-state index contributed by atoms with van der Waals surface area (Å²) in [7, 11) is 0. The Bertz CT molecular complexity index is 519. The summed E-state index contributed by atoms with van der Waals surface area (Å²) in [5, 5.41) is 0. The molecule has 1 saturated heterocycles. The molecule has 0 unspecified atom stereocenters. The van der Waals surface area contributed by atoms with Gasteiger partial charge in [-0.25, -0.2) is 0 Å². The zero-order valence-electron chi connectivity index (χ0n) is 13.1. The maximum absolute atomic E-state index is 12.5. The van der Waals surface area contributed by atoms with Gasteiger partial charge in [0.25, 0.3) is 0 Å². The maximum atomic E-state index is 12.5. The Morgan fingerprint density at radius 2 is 1.95 bits per heavy atom. The van der Waals surface area contributed by atoms with Crippen molar-refractivity contribution >= 4 is 17.5 Å². The first-order valence-electron chi connectivity index (χ1n) is 7.70. The van der Waals surface area contributed by atoms with Crippen LogP contribution in [0.3, 0.4) is 0 Å². The van der Waals surface area contributed by atoms with Crippen LogP contribution in [0.2, 0.25) is 0 Å². The number of carbonyl (C=O) groups is 2. The van der Waals surface area contributed by atoms with Crippen LogP contribution in [0.25, 0.3) is 0 Å². The molecular formula is C17H24N2O2. The van der Waals surface area contributed by atoms with E-state index in [1.807, 2.05) is 38.1 Å². The third kappa shape index (κ3) is 3.63. The van der Waals surface area contributed by atoms with Gasteiger partial charge in [-0.3, -0.25) is 9.59 Å². The smallest absolute Gasteiger partial charge is 0.316 e. The molecule has 2 rings (SSSR count). The highest BCUT2D eigenvalue weighted by atomic mass is 16.2. The van der Waals surface area contributed by atoms with Gasteiger partial charge in [0.1, 0.15) is 0 Å². The summed E-state index contributed by atoms with van der Waals surface area (Å²) < 4.78 is 0. The summed E-state index contributed by atoms with van der Waals surface area (Å²) in [5.41, 5.74) is 1.87. The minimum absolute atomic E-state index is 0.370. The van der Waals surface area contributed by atoms with Gasteiger partial charge in [-0.15, -0.1) is 0 Å². The molecule has 0 bridgehead atoms. The molecule has 1 aliphatic rings. The quantitative estimate of drug-likeness (QED) is 0.785. The monoisotopic (exact) mass is 288 g/mol. The van der Waals surface area contributed by atoms with Crippen molar-refractivity contribution in [2.45, 2.75) is 33.6 Å². The Morgan fingerprint density at radius 3 is 2.52 bits per heavy atom. The lowest BCUT2D eigenvalue weighted by atomic mass is 9.99. The summed E-state index contributed by atoms with van der Waals surface area (Å²) in [5.74, 6) is -0.147. The van der Waals surface area contributed by atoms with Crippen molar-refractivity contribution in [2.75, 3.05) is 24.5 Å². The Kier molecular flexibility index (Phi) is 4.99. The molecule has 114 valence electrons. The van der Waals surface area contributed by atoms with Gasteiger partial charge in [-0.1, -0.05) is 19.1 Å². The van der Waals surface area contributed by atoms with Crippen LogP contribution < -0.4 is 4.90 Å². The van der Waals surface area contributed by atoms with Gasteiger partial charge in [0.05, 0.1) is 0 Å². The second-order valence-corrected chi connectivity index (χ2v) is 5.86. The summed E-state index contributed by atoms with van der Waals surface area (Å²) in [4.78, 5) is 28.2. The van der Waals surface area contributed by atoms with Crippen LogP contribution in [0.4, 0.5) is 5.69 Å². The fourth-order valence-electron chi connectivity index (χ4n) is 2.70. The number of hydrogen-bond donors (Lipinski definition) is 0. The number of hydrogen-bond acceptors (Lipinski definition) is 2. The Labute approximate surface area is 126 Å². The number of likely N-dealkylation sites (N-methyl/N-ethyl adjacent to an activating group) is 1. The second-order valence-electron chi connectivity index (χ2n) is 5.86. The lowest BCUT2D eigenvalue weighted by Crippen LogP contribution is -2.48. The van der Waals surface area contributed by atoms with Crippen molar-refractivity contribution in [3.63, 3.8) is 0 Å². The first-order chi connectivity index (χ1) is 10.0. The van der Waals surface area contributed by atoms with Gasteiger partial charge in [0.15, 0.2) is 0 Å². The van der Waals surface area contributed by atoms with E-state index in [0.717, 1.165) is 24.1 Å². The molecule has 1 aromatic carbocycles. The zero-order chi connectivity index (χ0) is 15.4. The molecule has 1 fully saturated rings. The van der Waals surface area contributed by atoms with Crippen LogP contribution in [0.1, 0.15) is 32.3 Å². The van der Waals surface area contributed by atoms with E-state index in [0.29, 0.717) is 25.6 Å². The summed E-state index contributed by atoms with van der Waals surface area (Å²) >= 11 is 0. The van der Waals surface area contributed by atoms with E-state index >= 15 is 0 Å². The summed E-state index contributed by atoms with van der Waals surface area (Å²) in [6.07, 6.45) is 1.96. The number of likely N-dealkylation sites (tertiary alicyclic amines) is 1. The summed E-state index contributed by atoms with van der Waals surface area (Å²) in [6, 6.07) is 7.70. The van der Waals surface area contributed by atoms with Gasteiger partial charge in [0, 0.05) is 25.3 Å². The van der Waals surface area contributed by atoms with E-state index < -0.39 is 5.91 Å². The number of piperidine rings is 1. The van der Waals surface area contributed by atoms with Gasteiger partial charge in [-0.2, -0.15) is 0 Å². The average molecular weight is 288 g/mol. The van der Waals surface area contributed by atoms with Gasteiger partial charge in [-0.05, 0) is 50.3 Å². The van der Waals surface area contributed by atoms with Crippen LogP contribution in [-0.2, 0) is 9.59 Å². The van der Waals surface area contributed by atoms with E-state index in [9.17, 15) is 9.59 Å². The molecule has 0 radical (unpaired) electrons. The van der Waals surface area contributed by atoms with Gasteiger partial charge < -0.3 is 9.80 Å². The molecular weight excluding hydrogens is 264 g/mol. The predicted molar refractivity (Wildman–Crippen MR) is 84.2 cm³/mol. The highest BCUT2D eigenvalue weighted by molar-refractivity contribution is 6.40. The standard InChI is InChI=1S/C17H24N2O2/c1-4-19(15-7-5-6-14(3)12-15)17(21)16(20)18-10-8-13(2)9-11-18/h5-7,12-13H,4,8-11H2,1-3H3. The molecule has 0 spiro atoms. The number of rotatable bonds is 2. The minimum atomic E-state index is -0.419. The van der Waals surface area contributed by atoms with Crippen LogP contribution in [0.5, 0.6) is 0 Å². The first-order valence-corrected chi connectivity index (χ1v) is 7.70. The lowest BCUT2D eigenvalue weighted by Gasteiger charge is -2.31. The predicted octanol–water partition coefficient (Wildman–Crippen LogP) is 2.61. The summed E-state index contributed by atoms with van der Waals surface area (Å²) in [6.45, 7) is 7.95. The molecule has 0 saturated carbocycles. The molecule has 0 N–H and O–H groups in total. The largest absolute Gasteiger partial charge is 0.334 e. The number of anilines is 1. The van der Waals surface area contributed by atoms with Crippen LogP contribution in [0, 0.1) is 12.8 Å². The van der Waals surface area contributed by atoms with Crippen molar-refractivity contribution in [1.82, 2.24) is 4.90 Å². The van der Waals surface area contributed by atoms with Crippen molar-refractivity contribution in [2.24, 2.45) is 5.92 Å². The third-order valence-corrected chi connectivity index (χ3v) is 4.13. The van der Waals surface area contributed by atoms with E-state index in [1.165, 1.54) is 0 Å². The Hall–Kier alpha value is -1.84. The normalized spacial score (nSPS) is 15.9. The van der Waals surface area contributed by atoms with E-state index in [2.05, 4.69) is 6.92 Å². The topological polar surface area (TPSA) is 40.6 Å². The van der Waals surface area contributed by atoms with Crippen molar-refractivity contribution in [3.8, 4) is 0 Å². The molecule has 4 nitrogen and oxygen atoms in total. The minimum Gasteiger partial charge on any atom is -0.334 e. The third-order valence-electron chi connectivity index (χ3n) is 4.13. The fourth-order valence-corrected chi connectivity index (χ4v) is 2.70. The SMILES string of the molecule is CCN(C(=O)C(=O)N1CCC(C)CC1)c1cccc(C)c1. The fraction of sp³-hybridized carbons (Fsp3) is 0.529. The first kappa shape index (κ1) is 15.5. The van der Waals surface area contributed by atoms with E-state index in [4.69, 9.17) is 0 Å². The number of amides is 2. The molecule has 2 amide bonds. The molecule has 21 heavy (non-hydrogen) atoms. The number of nitrogens with zero attached hydrogens (tertiary/aromatic N) is 2. The average Bonchev–Trinajstić information content (AvgIpc) is 2.48. The van der Waals surface area contributed by atoms with Crippen LogP contribution in [-0.4, -0.2) is 36.3 Å². The Morgan fingerprint density at radius 1 is 1.29 bits per heavy atom. The van der Waals surface area contributed by atoms with Crippen molar-refractivity contribution in [3.05, 3.63) is 29.8 Å². The highest BCUT2D eigenvalue weighted by Gasteiger charge is 2.29. The number of benzene rings is 1. The van der Waals surface area contributed by atoms with Crippen molar-refractivity contribution < 1.29 is 9.59 Å². The number of aryl methyl sites for hydroxylation is 1. The Balaban J connectivity index is 2.11. The maximum Gasteiger partial charge on any atom is 0.316 e. The highest BCUT2D eigenvalue weighted by Crippen LogP contribution is 2.19. The molecule has 1 aromatic rings. The zero-order valence-corrected chi connectivity index (χ0v) is 13.1. The van der Waals surface area contributed by atoms with Crippen LogP contribution >= 0.6 is 0 Å². The van der Waals surface area contributed by atoms with E-state index in [-0.39, 0.29) is 5.91 Å². The number of carbonyl (C=O) groups excluding carboxylic acids is 2. The molecule has 4 heteroatoms. The van der Waals surface area contributed by atoms with Crippen molar-refractivity contribution in [1.29, 1.82) is 0 Å². The molecule has 0 atom stereocenters. The second kappa shape index (κ2) is 6.74. The van der Waals surface area contributed by atoms with Gasteiger partial charge in [0.2, 0.25) is 0 Å². The van der Waals surface area contributed by atoms with Crippen LogP contribution in [0.15, 0.2) is 24.3 Å². The molecule has 1 heterocycles.